The minimum Gasteiger partial charge on any atom is -0.273 e. The zero-order valence-electron chi connectivity index (χ0n) is 21.3. The number of nitrogens with zero attached hydrogens (tertiary/aromatic N) is 2. The highest BCUT2D eigenvalue weighted by atomic mass is 31.1. The van der Waals surface area contributed by atoms with Gasteiger partial charge in [0.15, 0.2) is 0 Å². The summed E-state index contributed by atoms with van der Waals surface area (Å²) in [6.07, 6.45) is 5.11. The van der Waals surface area contributed by atoms with Crippen LogP contribution < -0.4 is 21.2 Å². The smallest absolute Gasteiger partial charge is 0.0296 e. The predicted octanol–water partition coefficient (Wildman–Crippen LogP) is 6.26. The first-order valence-corrected chi connectivity index (χ1v) is 15.6. The molecule has 0 radical (unpaired) electrons. The molecular formula is C32H36N2P2. The zero-order valence-corrected chi connectivity index (χ0v) is 23.1. The van der Waals surface area contributed by atoms with E-state index >= 15 is 0 Å². The summed E-state index contributed by atoms with van der Waals surface area (Å²) in [7, 11) is 3.57. The highest BCUT2D eigenvalue weighted by molar-refractivity contribution is 7.71. The van der Waals surface area contributed by atoms with E-state index < -0.39 is 16.1 Å². The van der Waals surface area contributed by atoms with Crippen LogP contribution >= 0.6 is 16.1 Å². The zero-order chi connectivity index (χ0) is 24.7. The maximum absolute atomic E-state index is 2.74. The van der Waals surface area contributed by atoms with Crippen LogP contribution in [0.2, 0.25) is 0 Å². The Kier molecular flexibility index (Phi) is 8.63. The van der Waals surface area contributed by atoms with Crippen LogP contribution in [0.4, 0.5) is 0 Å². The van der Waals surface area contributed by atoms with Crippen LogP contribution in [0.5, 0.6) is 0 Å². The molecule has 1 aliphatic rings. The molecule has 1 saturated carbocycles. The molecule has 0 aromatic heterocycles. The summed E-state index contributed by atoms with van der Waals surface area (Å²) in [5, 5.41) is 5.73. The summed E-state index contributed by atoms with van der Waals surface area (Å²) in [4.78, 5) is 0. The van der Waals surface area contributed by atoms with Gasteiger partial charge in [-0.05, 0) is 48.2 Å². The third-order valence-electron chi connectivity index (χ3n) is 7.29. The first-order chi connectivity index (χ1) is 17.7. The van der Waals surface area contributed by atoms with Crippen LogP contribution in [0.3, 0.4) is 0 Å². The van der Waals surface area contributed by atoms with Gasteiger partial charge in [-0.2, -0.15) is 0 Å². The van der Waals surface area contributed by atoms with Crippen molar-refractivity contribution in [2.45, 2.75) is 37.8 Å². The van der Waals surface area contributed by atoms with Gasteiger partial charge in [0.2, 0.25) is 0 Å². The van der Waals surface area contributed by atoms with E-state index in [1.807, 2.05) is 0 Å². The molecular weight excluding hydrogens is 474 g/mol. The number of hydrogen-bond donors (Lipinski definition) is 0. The second-order valence-electron chi connectivity index (χ2n) is 9.53. The van der Waals surface area contributed by atoms with E-state index in [0.29, 0.717) is 12.1 Å². The van der Waals surface area contributed by atoms with Crippen LogP contribution in [0.15, 0.2) is 121 Å². The lowest BCUT2D eigenvalue weighted by Gasteiger charge is -2.47. The van der Waals surface area contributed by atoms with E-state index in [0.717, 1.165) is 0 Å². The molecule has 4 aromatic rings. The van der Waals surface area contributed by atoms with Crippen molar-refractivity contribution in [3.63, 3.8) is 0 Å². The van der Waals surface area contributed by atoms with E-state index in [1.165, 1.54) is 46.9 Å². The van der Waals surface area contributed by atoms with Gasteiger partial charge in [-0.3, -0.25) is 9.34 Å². The molecule has 1 fully saturated rings. The van der Waals surface area contributed by atoms with Crippen molar-refractivity contribution < 1.29 is 0 Å². The Labute approximate surface area is 219 Å². The van der Waals surface area contributed by atoms with E-state index in [2.05, 4.69) is 145 Å². The fourth-order valence-electron chi connectivity index (χ4n) is 5.56. The molecule has 0 saturated heterocycles. The van der Waals surface area contributed by atoms with Gasteiger partial charge in [-0.1, -0.05) is 134 Å². The van der Waals surface area contributed by atoms with Crippen molar-refractivity contribution in [1.29, 1.82) is 0 Å². The summed E-state index contributed by atoms with van der Waals surface area (Å²) < 4.78 is 5.48. The van der Waals surface area contributed by atoms with Crippen LogP contribution in [0, 0.1) is 0 Å². The molecule has 1 aliphatic carbocycles. The van der Waals surface area contributed by atoms with Crippen molar-refractivity contribution in [3.05, 3.63) is 121 Å². The van der Waals surface area contributed by atoms with Gasteiger partial charge >= 0.3 is 0 Å². The topological polar surface area (TPSA) is 6.48 Å². The Bertz CT molecular complexity index is 1010. The molecule has 5 rings (SSSR count). The van der Waals surface area contributed by atoms with Crippen molar-refractivity contribution in [3.8, 4) is 0 Å². The molecule has 2 unspecified atom stereocenters. The van der Waals surface area contributed by atoms with Crippen molar-refractivity contribution in [2.24, 2.45) is 0 Å². The van der Waals surface area contributed by atoms with Gasteiger partial charge in [0, 0.05) is 28.2 Å². The molecule has 0 bridgehead atoms. The molecule has 2 nitrogen and oxygen atoms in total. The lowest BCUT2D eigenvalue weighted by atomic mass is 9.90. The number of hydrogen-bond acceptors (Lipinski definition) is 2. The molecule has 4 aromatic carbocycles. The first kappa shape index (κ1) is 25.3. The van der Waals surface area contributed by atoms with Crippen molar-refractivity contribution in [1.82, 2.24) is 9.34 Å². The van der Waals surface area contributed by atoms with Gasteiger partial charge in [0.05, 0.1) is 0 Å². The molecule has 0 aliphatic heterocycles. The maximum atomic E-state index is 2.74. The van der Waals surface area contributed by atoms with Gasteiger partial charge in [-0.25, -0.2) is 0 Å². The second-order valence-corrected chi connectivity index (χ2v) is 14.1. The van der Waals surface area contributed by atoms with Gasteiger partial charge in [0.1, 0.15) is 0 Å². The molecule has 0 spiro atoms. The van der Waals surface area contributed by atoms with E-state index in [4.69, 9.17) is 0 Å². The van der Waals surface area contributed by atoms with Crippen LogP contribution in [-0.2, 0) is 0 Å². The van der Waals surface area contributed by atoms with Gasteiger partial charge in [-0.15, -0.1) is 0 Å². The minimum absolute atomic E-state index is 0.507. The fourth-order valence-corrected chi connectivity index (χ4v) is 10.6. The third kappa shape index (κ3) is 5.64. The Morgan fingerprint density at radius 2 is 0.694 bits per heavy atom. The van der Waals surface area contributed by atoms with Crippen LogP contribution in [0.25, 0.3) is 0 Å². The summed E-state index contributed by atoms with van der Waals surface area (Å²) in [5.41, 5.74) is 0. The normalized spacial score (nSPS) is 18.3. The highest BCUT2D eigenvalue weighted by Gasteiger charge is 2.38. The molecule has 4 heteroatoms. The number of likely N-dealkylation sites (N-methyl/N-ethyl adjacent to an activating group) is 2. The summed E-state index contributed by atoms with van der Waals surface area (Å²) in [6, 6.07) is 45.6. The van der Waals surface area contributed by atoms with E-state index in [-0.39, 0.29) is 0 Å². The monoisotopic (exact) mass is 510 g/mol. The molecule has 36 heavy (non-hydrogen) atoms. The van der Waals surface area contributed by atoms with Gasteiger partial charge < -0.3 is 0 Å². The van der Waals surface area contributed by atoms with Crippen molar-refractivity contribution >= 4 is 37.4 Å². The summed E-state index contributed by atoms with van der Waals surface area (Å²) in [6.45, 7) is 0. The quantitative estimate of drug-likeness (QED) is 0.258. The van der Waals surface area contributed by atoms with Gasteiger partial charge in [0.25, 0.3) is 0 Å². The lowest BCUT2D eigenvalue weighted by Crippen LogP contribution is -2.50. The average molecular weight is 511 g/mol. The van der Waals surface area contributed by atoms with Crippen molar-refractivity contribution in [2.75, 3.05) is 14.1 Å². The lowest BCUT2D eigenvalue weighted by molar-refractivity contribution is 0.185. The fraction of sp³-hybridized carbons (Fsp3) is 0.250. The maximum Gasteiger partial charge on any atom is 0.0296 e. The highest BCUT2D eigenvalue weighted by Crippen LogP contribution is 2.47. The molecule has 0 heterocycles. The second kappa shape index (κ2) is 12.3. The van der Waals surface area contributed by atoms with E-state index in [9.17, 15) is 0 Å². The molecule has 0 N–H and O–H groups in total. The molecule has 0 amide bonds. The molecule has 2 atom stereocenters. The Morgan fingerprint density at radius 1 is 0.444 bits per heavy atom. The number of rotatable bonds is 8. The largest absolute Gasteiger partial charge is 0.273 e. The SMILES string of the molecule is CN(C1CCCCC1N(C)P(c1ccccc1)c1ccccc1)P(c1ccccc1)c1ccccc1. The predicted molar refractivity (Wildman–Crippen MR) is 160 cm³/mol. The Morgan fingerprint density at radius 3 is 0.944 bits per heavy atom. The van der Waals surface area contributed by atoms with E-state index in [1.54, 1.807) is 0 Å². The average Bonchev–Trinajstić information content (AvgIpc) is 2.95. The van der Waals surface area contributed by atoms with Crippen LogP contribution in [0.1, 0.15) is 25.7 Å². The summed E-state index contributed by atoms with van der Waals surface area (Å²) >= 11 is 0. The third-order valence-corrected chi connectivity index (χ3v) is 12.3. The minimum atomic E-state index is -0.600. The van der Waals surface area contributed by atoms with Crippen LogP contribution in [-0.4, -0.2) is 35.5 Å². The number of benzene rings is 4. The standard InChI is InChI=1S/C32H36N2P2/c1-33(35(27-17-7-3-8-18-27)28-19-9-4-10-20-28)31-25-15-16-26-32(31)34(2)36(29-21-11-5-12-22-29)30-23-13-6-14-24-30/h3-14,17-24,31-32H,15-16,25-26H2,1-2H3. The Hall–Kier alpha value is -2.34. The first-order valence-electron chi connectivity index (χ1n) is 13.0. The Balaban J connectivity index is 1.51. The molecule has 184 valence electrons. The summed E-state index contributed by atoms with van der Waals surface area (Å²) in [5.74, 6) is 0.